The zero-order valence-electron chi connectivity index (χ0n) is 12.8. The number of nitrogens with one attached hydrogen (secondary N) is 1. The van der Waals surface area contributed by atoms with Gasteiger partial charge in [-0.1, -0.05) is 0 Å². The quantitative estimate of drug-likeness (QED) is 0.547. The summed E-state index contributed by atoms with van der Waals surface area (Å²) in [4.78, 5) is 11.9. The third-order valence-corrected chi connectivity index (χ3v) is 4.66. The summed E-state index contributed by atoms with van der Waals surface area (Å²) in [6.07, 6.45) is 3.42. The number of carbonyl (C=O) groups is 1. The molecule has 0 bridgehead atoms. The van der Waals surface area contributed by atoms with Crippen LogP contribution in [0.1, 0.15) is 48.5 Å². The van der Waals surface area contributed by atoms with Crippen molar-refractivity contribution in [3.63, 3.8) is 0 Å². The summed E-state index contributed by atoms with van der Waals surface area (Å²) >= 11 is 3.40. The minimum Gasteiger partial charge on any atom is -0.462 e. The minimum atomic E-state index is -0.342. The van der Waals surface area contributed by atoms with Gasteiger partial charge < -0.3 is 20.9 Å². The standard InChI is InChI=1S/C16H23BrN2O3/c1-2-22-16(21)10-7-11(15(18)14(17)8-10)9-19-12-3-5-13(20)6-4-12/h7-8,12-13,19-20H,2-6,9,18H2,1H3/t12-,13-. The van der Waals surface area contributed by atoms with E-state index in [1.807, 2.05) is 0 Å². The number of aliphatic hydroxyl groups is 1. The lowest BCUT2D eigenvalue weighted by atomic mass is 9.93. The van der Waals surface area contributed by atoms with Crippen LogP contribution in [0.3, 0.4) is 0 Å². The highest BCUT2D eigenvalue weighted by Gasteiger charge is 2.19. The van der Waals surface area contributed by atoms with Crippen molar-refractivity contribution in [1.82, 2.24) is 5.32 Å². The van der Waals surface area contributed by atoms with Crippen molar-refractivity contribution >= 4 is 27.6 Å². The molecule has 0 amide bonds. The van der Waals surface area contributed by atoms with Crippen molar-refractivity contribution in [2.45, 2.75) is 51.3 Å². The van der Waals surface area contributed by atoms with Gasteiger partial charge in [-0.05, 0) is 66.2 Å². The molecule has 6 heteroatoms. The summed E-state index contributed by atoms with van der Waals surface area (Å²) in [5.74, 6) is -0.342. The minimum absolute atomic E-state index is 0.163. The first-order valence-corrected chi connectivity index (χ1v) is 8.47. The van der Waals surface area contributed by atoms with Gasteiger partial charge in [0.2, 0.25) is 0 Å². The monoisotopic (exact) mass is 370 g/mol. The number of rotatable bonds is 5. The lowest BCUT2D eigenvalue weighted by Crippen LogP contribution is -2.34. The van der Waals surface area contributed by atoms with E-state index in [4.69, 9.17) is 10.5 Å². The van der Waals surface area contributed by atoms with Crippen LogP contribution in [0.5, 0.6) is 0 Å². The molecule has 0 atom stereocenters. The number of esters is 1. The predicted molar refractivity (Wildman–Crippen MR) is 89.6 cm³/mol. The molecule has 122 valence electrons. The molecule has 0 spiro atoms. The van der Waals surface area contributed by atoms with Crippen molar-refractivity contribution in [1.29, 1.82) is 0 Å². The number of benzene rings is 1. The maximum Gasteiger partial charge on any atom is 0.338 e. The van der Waals surface area contributed by atoms with E-state index in [1.165, 1.54) is 0 Å². The van der Waals surface area contributed by atoms with Crippen molar-refractivity contribution in [3.05, 3.63) is 27.7 Å². The molecule has 0 unspecified atom stereocenters. The first kappa shape index (κ1) is 17.2. The van der Waals surface area contributed by atoms with Crippen LogP contribution >= 0.6 is 15.9 Å². The average Bonchev–Trinajstić information content (AvgIpc) is 2.50. The first-order chi connectivity index (χ1) is 10.5. The Hall–Kier alpha value is -1.11. The average molecular weight is 371 g/mol. The Labute approximate surface area is 139 Å². The number of nitrogens with two attached hydrogens (primary N) is 1. The maximum atomic E-state index is 11.9. The second-order valence-corrected chi connectivity index (χ2v) is 6.49. The Morgan fingerprint density at radius 1 is 1.41 bits per heavy atom. The smallest absolute Gasteiger partial charge is 0.338 e. The molecule has 1 fully saturated rings. The van der Waals surface area contributed by atoms with Crippen molar-refractivity contribution in [2.75, 3.05) is 12.3 Å². The molecule has 0 aliphatic heterocycles. The first-order valence-electron chi connectivity index (χ1n) is 7.67. The van der Waals surface area contributed by atoms with Crippen LogP contribution in [0.4, 0.5) is 5.69 Å². The molecule has 22 heavy (non-hydrogen) atoms. The molecule has 0 aromatic heterocycles. The second-order valence-electron chi connectivity index (χ2n) is 5.64. The number of hydrogen-bond donors (Lipinski definition) is 3. The topological polar surface area (TPSA) is 84.6 Å². The second kappa shape index (κ2) is 7.94. The molecule has 2 rings (SSSR count). The van der Waals surface area contributed by atoms with Crippen LogP contribution in [0.2, 0.25) is 0 Å². The van der Waals surface area contributed by atoms with Gasteiger partial charge in [0.05, 0.1) is 24.0 Å². The zero-order valence-corrected chi connectivity index (χ0v) is 14.4. The molecule has 5 nitrogen and oxygen atoms in total. The maximum absolute atomic E-state index is 11.9. The van der Waals surface area contributed by atoms with E-state index in [0.29, 0.717) is 34.9 Å². The van der Waals surface area contributed by atoms with E-state index < -0.39 is 0 Å². The van der Waals surface area contributed by atoms with Crippen molar-refractivity contribution in [3.8, 4) is 0 Å². The fourth-order valence-electron chi connectivity index (χ4n) is 2.69. The third kappa shape index (κ3) is 4.44. The normalized spacial score (nSPS) is 21.6. The summed E-state index contributed by atoms with van der Waals surface area (Å²) in [6.45, 7) is 2.72. The number of nitrogen functional groups attached to an aromatic ring is 1. The van der Waals surface area contributed by atoms with Gasteiger partial charge >= 0.3 is 5.97 Å². The number of aliphatic hydroxyl groups excluding tert-OH is 1. The Kier molecular flexibility index (Phi) is 6.23. The molecular weight excluding hydrogens is 348 g/mol. The van der Waals surface area contributed by atoms with Crippen LogP contribution in [0.25, 0.3) is 0 Å². The van der Waals surface area contributed by atoms with Crippen LogP contribution in [-0.2, 0) is 11.3 Å². The SMILES string of the molecule is CCOC(=O)c1cc(Br)c(N)c(CN[C@H]2CC[C@H](O)CC2)c1. The van der Waals surface area contributed by atoms with Gasteiger partial charge in [-0.3, -0.25) is 0 Å². The lowest BCUT2D eigenvalue weighted by Gasteiger charge is -2.26. The van der Waals surface area contributed by atoms with E-state index in [9.17, 15) is 9.90 Å². The van der Waals surface area contributed by atoms with Crippen LogP contribution in [0.15, 0.2) is 16.6 Å². The molecule has 1 aliphatic rings. The van der Waals surface area contributed by atoms with Gasteiger partial charge in [-0.15, -0.1) is 0 Å². The third-order valence-electron chi connectivity index (χ3n) is 4.00. The van der Waals surface area contributed by atoms with Crippen molar-refractivity contribution < 1.29 is 14.6 Å². The van der Waals surface area contributed by atoms with E-state index >= 15 is 0 Å². The molecule has 1 aliphatic carbocycles. The molecular formula is C16H23BrN2O3. The molecule has 4 N–H and O–H groups in total. The van der Waals surface area contributed by atoms with Gasteiger partial charge in [-0.2, -0.15) is 0 Å². The summed E-state index contributed by atoms with van der Waals surface area (Å²) in [5.41, 5.74) is 8.10. The van der Waals surface area contributed by atoms with E-state index in [0.717, 1.165) is 31.2 Å². The zero-order chi connectivity index (χ0) is 16.1. The number of anilines is 1. The molecule has 1 saturated carbocycles. The number of halogens is 1. The number of hydrogen-bond acceptors (Lipinski definition) is 5. The number of ether oxygens (including phenoxy) is 1. The van der Waals surface area contributed by atoms with Crippen LogP contribution in [-0.4, -0.2) is 29.8 Å². The van der Waals surface area contributed by atoms with Crippen molar-refractivity contribution in [2.24, 2.45) is 0 Å². The Morgan fingerprint density at radius 2 is 2.09 bits per heavy atom. The van der Waals surface area contributed by atoms with Gasteiger partial charge in [0.15, 0.2) is 0 Å². The van der Waals surface area contributed by atoms with Gasteiger partial charge in [0, 0.05) is 17.1 Å². The highest BCUT2D eigenvalue weighted by molar-refractivity contribution is 9.10. The molecule has 1 aromatic rings. The van der Waals surface area contributed by atoms with E-state index in [2.05, 4.69) is 21.2 Å². The highest BCUT2D eigenvalue weighted by Crippen LogP contribution is 2.27. The largest absolute Gasteiger partial charge is 0.462 e. The molecule has 0 saturated heterocycles. The Balaban J connectivity index is 2.04. The summed E-state index contributed by atoms with van der Waals surface area (Å²) in [5, 5.41) is 13.0. The van der Waals surface area contributed by atoms with E-state index in [1.54, 1.807) is 19.1 Å². The Morgan fingerprint density at radius 3 is 2.73 bits per heavy atom. The van der Waals surface area contributed by atoms with Crippen LogP contribution in [0, 0.1) is 0 Å². The fraction of sp³-hybridized carbons (Fsp3) is 0.562. The predicted octanol–water partition coefficient (Wildman–Crippen LogP) is 2.60. The molecule has 1 aromatic carbocycles. The number of carbonyl (C=O) groups excluding carboxylic acids is 1. The van der Waals surface area contributed by atoms with Gasteiger partial charge in [-0.25, -0.2) is 4.79 Å². The van der Waals surface area contributed by atoms with Gasteiger partial charge in [0.1, 0.15) is 0 Å². The molecule has 0 radical (unpaired) electrons. The summed E-state index contributed by atoms with van der Waals surface area (Å²) < 4.78 is 5.74. The highest BCUT2D eigenvalue weighted by atomic mass is 79.9. The Bertz CT molecular complexity index is 528. The van der Waals surface area contributed by atoms with Gasteiger partial charge in [0.25, 0.3) is 0 Å². The lowest BCUT2D eigenvalue weighted by molar-refractivity contribution is 0.0526. The fourth-order valence-corrected chi connectivity index (χ4v) is 3.19. The van der Waals surface area contributed by atoms with E-state index in [-0.39, 0.29) is 12.1 Å². The molecule has 0 heterocycles. The van der Waals surface area contributed by atoms with Crippen LogP contribution < -0.4 is 11.1 Å². The summed E-state index contributed by atoms with van der Waals surface area (Å²) in [7, 11) is 0. The summed E-state index contributed by atoms with van der Waals surface area (Å²) in [6, 6.07) is 3.85.